The Morgan fingerprint density at radius 2 is 1.93 bits per heavy atom. The number of aromatic amines is 1. The summed E-state index contributed by atoms with van der Waals surface area (Å²) in [5.41, 5.74) is 4.80. The van der Waals surface area contributed by atoms with Crippen molar-refractivity contribution in [3.63, 3.8) is 0 Å². The van der Waals surface area contributed by atoms with Crippen molar-refractivity contribution in [2.45, 2.75) is 19.9 Å². The summed E-state index contributed by atoms with van der Waals surface area (Å²) in [6.45, 7) is 4.29. The molecule has 0 radical (unpaired) electrons. The Labute approximate surface area is 169 Å². The van der Waals surface area contributed by atoms with E-state index in [1.54, 1.807) is 0 Å². The van der Waals surface area contributed by atoms with Gasteiger partial charge in [-0.25, -0.2) is 0 Å². The highest BCUT2D eigenvalue weighted by atomic mass is 16.1. The molecule has 0 saturated carbocycles. The normalized spacial score (nSPS) is 10.9. The number of carbonyl (C=O) groups is 1. The van der Waals surface area contributed by atoms with Gasteiger partial charge in [-0.15, -0.1) is 0 Å². The van der Waals surface area contributed by atoms with Crippen molar-refractivity contribution in [1.29, 1.82) is 0 Å². The van der Waals surface area contributed by atoms with Gasteiger partial charge in [0.2, 0.25) is 0 Å². The predicted octanol–water partition coefficient (Wildman–Crippen LogP) is 4.28. The topological polar surface area (TPSA) is 74.7 Å². The quantitative estimate of drug-likeness (QED) is 0.395. The lowest BCUT2D eigenvalue weighted by atomic mass is 10.1. The van der Waals surface area contributed by atoms with Gasteiger partial charge < -0.3 is 15.2 Å². The molecule has 0 unspecified atom stereocenters. The molecule has 3 N–H and O–H groups in total. The smallest absolute Gasteiger partial charge is 0.251 e. The van der Waals surface area contributed by atoms with E-state index in [2.05, 4.69) is 38.4 Å². The second-order valence-corrected chi connectivity index (χ2v) is 6.96. The third kappa shape index (κ3) is 4.16. The first-order valence-corrected chi connectivity index (χ1v) is 9.97. The highest BCUT2D eigenvalue weighted by Gasteiger charge is 2.14. The van der Waals surface area contributed by atoms with Gasteiger partial charge >= 0.3 is 0 Å². The molecule has 2 aromatic heterocycles. The van der Waals surface area contributed by atoms with Gasteiger partial charge in [-0.1, -0.05) is 25.1 Å². The first kappa shape index (κ1) is 18.8. The number of anilines is 1. The average molecular weight is 387 g/mol. The standard InChI is InChI=1S/C23H25N5O/c1-2-14-28-21-9-8-17(15-18(21)16-22(28)20-10-11-26-27-20)23(29)25-13-12-24-19-6-4-3-5-7-19/h3-11,15-16,24H,2,12-14H2,1H3,(H,25,29)(H,26,27). The van der Waals surface area contributed by atoms with Crippen molar-refractivity contribution in [2.24, 2.45) is 0 Å². The first-order chi connectivity index (χ1) is 14.3. The summed E-state index contributed by atoms with van der Waals surface area (Å²) in [5, 5.41) is 14.5. The number of amides is 1. The number of carbonyl (C=O) groups excluding carboxylic acids is 1. The molecule has 0 atom stereocenters. The van der Waals surface area contributed by atoms with Crippen molar-refractivity contribution >= 4 is 22.5 Å². The zero-order valence-electron chi connectivity index (χ0n) is 16.5. The van der Waals surface area contributed by atoms with E-state index in [1.807, 2.05) is 60.8 Å². The summed E-state index contributed by atoms with van der Waals surface area (Å²) in [4.78, 5) is 12.6. The molecule has 1 amide bonds. The number of hydrogen-bond donors (Lipinski definition) is 3. The van der Waals surface area contributed by atoms with Gasteiger partial charge in [0.05, 0.1) is 5.69 Å². The Bertz CT molecular complexity index is 1080. The molecule has 0 bridgehead atoms. The first-order valence-electron chi connectivity index (χ1n) is 9.97. The highest BCUT2D eigenvalue weighted by molar-refractivity contribution is 5.99. The van der Waals surface area contributed by atoms with Gasteiger partial charge in [0, 0.05) is 48.0 Å². The molecular formula is C23H25N5O. The molecule has 4 rings (SSSR count). The number of fused-ring (bicyclic) bond motifs is 1. The fourth-order valence-electron chi connectivity index (χ4n) is 3.53. The summed E-state index contributed by atoms with van der Waals surface area (Å²) < 4.78 is 2.26. The lowest BCUT2D eigenvalue weighted by Crippen LogP contribution is -2.28. The van der Waals surface area contributed by atoms with E-state index < -0.39 is 0 Å². The molecule has 148 valence electrons. The fourth-order valence-corrected chi connectivity index (χ4v) is 3.53. The molecule has 0 spiro atoms. The molecule has 0 aliphatic heterocycles. The van der Waals surface area contributed by atoms with E-state index in [1.165, 1.54) is 0 Å². The number of nitrogens with zero attached hydrogens (tertiary/aromatic N) is 2. The van der Waals surface area contributed by atoms with Crippen molar-refractivity contribution in [2.75, 3.05) is 18.4 Å². The molecule has 0 saturated heterocycles. The Hall–Kier alpha value is -3.54. The highest BCUT2D eigenvalue weighted by Crippen LogP contribution is 2.28. The Morgan fingerprint density at radius 1 is 1.07 bits per heavy atom. The van der Waals surface area contributed by atoms with Crippen LogP contribution in [0.2, 0.25) is 0 Å². The number of benzene rings is 2. The molecule has 0 aliphatic rings. The Balaban J connectivity index is 1.47. The van der Waals surface area contributed by atoms with Gasteiger partial charge in [-0.05, 0) is 48.9 Å². The number of nitrogens with one attached hydrogen (secondary N) is 3. The maximum absolute atomic E-state index is 12.6. The number of rotatable bonds is 8. The average Bonchev–Trinajstić information content (AvgIpc) is 3.40. The molecule has 2 aromatic carbocycles. The summed E-state index contributed by atoms with van der Waals surface area (Å²) in [7, 11) is 0. The van der Waals surface area contributed by atoms with Crippen LogP contribution in [0.5, 0.6) is 0 Å². The maximum Gasteiger partial charge on any atom is 0.251 e. The SMILES string of the molecule is CCCn1c(-c2cc[nH]n2)cc2cc(C(=O)NCCNc3ccccc3)ccc21. The second kappa shape index (κ2) is 8.65. The number of aromatic nitrogens is 3. The van der Waals surface area contributed by atoms with E-state index in [0.717, 1.165) is 40.9 Å². The molecule has 2 heterocycles. The summed E-state index contributed by atoms with van der Waals surface area (Å²) in [6, 6.07) is 19.9. The van der Waals surface area contributed by atoms with Crippen LogP contribution in [0.4, 0.5) is 5.69 Å². The van der Waals surface area contributed by atoms with Crippen LogP contribution in [0.3, 0.4) is 0 Å². The second-order valence-electron chi connectivity index (χ2n) is 6.96. The third-order valence-electron chi connectivity index (χ3n) is 4.89. The monoisotopic (exact) mass is 387 g/mol. The van der Waals surface area contributed by atoms with Gasteiger partial charge in [0.1, 0.15) is 5.69 Å². The van der Waals surface area contributed by atoms with Crippen LogP contribution in [0.25, 0.3) is 22.3 Å². The number of aryl methyl sites for hydroxylation is 1. The molecule has 29 heavy (non-hydrogen) atoms. The minimum Gasteiger partial charge on any atom is -0.383 e. The van der Waals surface area contributed by atoms with E-state index in [4.69, 9.17) is 0 Å². The minimum atomic E-state index is -0.0636. The Morgan fingerprint density at radius 3 is 2.69 bits per heavy atom. The molecule has 0 fully saturated rings. The van der Waals surface area contributed by atoms with E-state index in [0.29, 0.717) is 18.7 Å². The van der Waals surface area contributed by atoms with E-state index in [-0.39, 0.29) is 5.91 Å². The van der Waals surface area contributed by atoms with Gasteiger partial charge in [0.25, 0.3) is 5.91 Å². The minimum absolute atomic E-state index is 0.0636. The summed E-state index contributed by atoms with van der Waals surface area (Å²) >= 11 is 0. The van der Waals surface area contributed by atoms with Crippen LogP contribution in [-0.2, 0) is 6.54 Å². The van der Waals surface area contributed by atoms with Crippen LogP contribution in [0.1, 0.15) is 23.7 Å². The zero-order valence-corrected chi connectivity index (χ0v) is 16.5. The predicted molar refractivity (Wildman–Crippen MR) is 117 cm³/mol. The van der Waals surface area contributed by atoms with Gasteiger partial charge in [-0.3, -0.25) is 9.89 Å². The third-order valence-corrected chi connectivity index (χ3v) is 4.89. The van der Waals surface area contributed by atoms with Crippen molar-refractivity contribution in [1.82, 2.24) is 20.1 Å². The van der Waals surface area contributed by atoms with Crippen molar-refractivity contribution in [3.05, 3.63) is 72.4 Å². The van der Waals surface area contributed by atoms with E-state index in [9.17, 15) is 4.79 Å². The lowest BCUT2D eigenvalue weighted by molar-refractivity contribution is 0.0955. The Kier molecular flexibility index (Phi) is 5.61. The van der Waals surface area contributed by atoms with Crippen LogP contribution in [-0.4, -0.2) is 33.8 Å². The molecule has 0 aliphatic carbocycles. The number of hydrogen-bond acceptors (Lipinski definition) is 3. The van der Waals surface area contributed by atoms with Crippen LogP contribution in [0, 0.1) is 0 Å². The van der Waals surface area contributed by atoms with Crippen LogP contribution >= 0.6 is 0 Å². The summed E-state index contributed by atoms with van der Waals surface area (Å²) in [5.74, 6) is -0.0636. The lowest BCUT2D eigenvalue weighted by Gasteiger charge is -2.09. The molecule has 6 heteroatoms. The van der Waals surface area contributed by atoms with E-state index >= 15 is 0 Å². The zero-order chi connectivity index (χ0) is 20.1. The van der Waals surface area contributed by atoms with Crippen molar-refractivity contribution in [3.8, 4) is 11.4 Å². The van der Waals surface area contributed by atoms with Gasteiger partial charge in [0.15, 0.2) is 0 Å². The molecular weight excluding hydrogens is 362 g/mol. The fraction of sp³-hybridized carbons (Fsp3) is 0.217. The molecule has 6 nitrogen and oxygen atoms in total. The maximum atomic E-state index is 12.6. The number of H-pyrrole nitrogens is 1. The van der Waals surface area contributed by atoms with Crippen LogP contribution in [0.15, 0.2) is 66.9 Å². The summed E-state index contributed by atoms with van der Waals surface area (Å²) in [6.07, 6.45) is 2.85. The molecule has 4 aromatic rings. The van der Waals surface area contributed by atoms with Crippen LogP contribution < -0.4 is 10.6 Å². The number of para-hydroxylation sites is 1. The van der Waals surface area contributed by atoms with Gasteiger partial charge in [-0.2, -0.15) is 5.10 Å². The largest absolute Gasteiger partial charge is 0.383 e. The van der Waals surface area contributed by atoms with Crippen molar-refractivity contribution < 1.29 is 4.79 Å².